The number of hydrazone groups is 1. The molecular weight excluding hydrogens is 519 g/mol. The molecule has 1 N–H and O–H groups in total. The number of unbranched alkanes of at least 4 members (excludes halogenated alkanes) is 1. The fourth-order valence-electron chi connectivity index (χ4n) is 4.54. The average Bonchev–Trinajstić information content (AvgIpc) is 3.11. The molecule has 0 bridgehead atoms. The third-order valence-corrected chi connectivity index (χ3v) is 6.64. The molecule has 8 nitrogen and oxygen atoms in total. The van der Waals surface area contributed by atoms with Crippen LogP contribution in [0.15, 0.2) is 70.7 Å². The fourth-order valence-corrected chi connectivity index (χ4v) is 4.54. The van der Waals surface area contributed by atoms with Gasteiger partial charge in [-0.3, -0.25) is 5.01 Å². The molecule has 0 aliphatic carbocycles. The number of nitrogens with zero attached hydrogens (tertiary/aromatic N) is 5. The van der Waals surface area contributed by atoms with Crippen LogP contribution in [-0.4, -0.2) is 48.3 Å². The molecule has 218 valence electrons. The summed E-state index contributed by atoms with van der Waals surface area (Å²) in [6, 6.07) is 6.83. The van der Waals surface area contributed by atoms with Crippen molar-refractivity contribution in [3.8, 4) is 11.5 Å². The highest BCUT2D eigenvalue weighted by atomic mass is 19.1. The summed E-state index contributed by atoms with van der Waals surface area (Å²) < 4.78 is 27.1. The summed E-state index contributed by atoms with van der Waals surface area (Å²) in [5.41, 5.74) is 2.16. The molecule has 0 spiro atoms. The molecular formula is C32H41FN6O2. The van der Waals surface area contributed by atoms with Gasteiger partial charge in [0.2, 0.25) is 0 Å². The molecule has 2 aliphatic rings. The molecule has 1 aromatic carbocycles. The number of halogens is 1. The van der Waals surface area contributed by atoms with E-state index in [1.807, 2.05) is 32.1 Å². The van der Waals surface area contributed by atoms with Crippen molar-refractivity contribution in [2.75, 3.05) is 36.5 Å². The maximum atomic E-state index is 15.2. The van der Waals surface area contributed by atoms with Gasteiger partial charge in [-0.15, -0.1) is 0 Å². The molecule has 0 amide bonds. The zero-order valence-corrected chi connectivity index (χ0v) is 24.7. The number of fused-ring (bicyclic) bond motifs is 1. The molecule has 0 saturated carbocycles. The Kier molecular flexibility index (Phi) is 10.5. The van der Waals surface area contributed by atoms with Gasteiger partial charge in [0, 0.05) is 49.4 Å². The number of nitrogens with one attached hydrogen (secondary N) is 1. The second kappa shape index (κ2) is 14.5. The van der Waals surface area contributed by atoms with Gasteiger partial charge in [0.05, 0.1) is 13.2 Å². The van der Waals surface area contributed by atoms with Crippen molar-refractivity contribution in [2.24, 2.45) is 16.0 Å². The first-order valence-electron chi connectivity index (χ1n) is 14.4. The van der Waals surface area contributed by atoms with Crippen LogP contribution in [0.1, 0.15) is 58.2 Å². The van der Waals surface area contributed by atoms with E-state index < -0.39 is 5.82 Å². The average molecular weight is 561 g/mol. The first-order chi connectivity index (χ1) is 19.9. The van der Waals surface area contributed by atoms with Gasteiger partial charge >= 0.3 is 0 Å². The summed E-state index contributed by atoms with van der Waals surface area (Å²) in [4.78, 5) is 12.1. The number of pyridine rings is 1. The minimum atomic E-state index is -0.485. The summed E-state index contributed by atoms with van der Waals surface area (Å²) in [7, 11) is 0. The van der Waals surface area contributed by atoms with Gasteiger partial charge in [0.1, 0.15) is 11.5 Å². The van der Waals surface area contributed by atoms with E-state index in [2.05, 4.69) is 36.1 Å². The molecule has 1 atom stereocenters. The molecule has 0 saturated heterocycles. The van der Waals surface area contributed by atoms with Crippen LogP contribution in [0.3, 0.4) is 0 Å². The Bertz CT molecular complexity index is 1350. The lowest BCUT2D eigenvalue weighted by atomic mass is 10.1. The molecule has 2 aliphatic heterocycles. The van der Waals surface area contributed by atoms with E-state index in [1.165, 1.54) is 6.07 Å². The molecule has 2 aromatic rings. The minimum Gasteiger partial charge on any atom is -0.489 e. The first kappa shape index (κ1) is 29.8. The third-order valence-electron chi connectivity index (χ3n) is 6.64. The zero-order valence-electron chi connectivity index (χ0n) is 24.7. The Morgan fingerprint density at radius 2 is 2.15 bits per heavy atom. The van der Waals surface area contributed by atoms with E-state index in [-0.39, 0.29) is 5.75 Å². The van der Waals surface area contributed by atoms with E-state index in [0.717, 1.165) is 49.5 Å². The molecule has 3 heterocycles. The number of hydrogen-bond donors (Lipinski definition) is 1. The highest BCUT2D eigenvalue weighted by Crippen LogP contribution is 2.33. The second-order valence-electron chi connectivity index (χ2n) is 10.3. The number of hydrogen-bond acceptors (Lipinski definition) is 7. The second-order valence-corrected chi connectivity index (χ2v) is 10.3. The largest absolute Gasteiger partial charge is 0.489 e. The number of anilines is 2. The van der Waals surface area contributed by atoms with E-state index in [4.69, 9.17) is 19.5 Å². The predicted molar refractivity (Wildman–Crippen MR) is 165 cm³/mol. The number of rotatable bonds is 10. The van der Waals surface area contributed by atoms with Gasteiger partial charge in [-0.1, -0.05) is 33.3 Å². The number of aromatic nitrogens is 1. The molecule has 4 rings (SSSR count). The quantitative estimate of drug-likeness (QED) is 0.248. The van der Waals surface area contributed by atoms with Crippen LogP contribution in [0.2, 0.25) is 0 Å². The van der Waals surface area contributed by atoms with E-state index in [9.17, 15) is 0 Å². The number of aryl methyl sites for hydroxylation is 1. The highest BCUT2D eigenvalue weighted by Gasteiger charge is 2.24. The van der Waals surface area contributed by atoms with Crippen LogP contribution in [0.5, 0.6) is 11.5 Å². The fraction of sp³-hybridized carbons (Fsp3) is 0.406. The summed E-state index contributed by atoms with van der Waals surface area (Å²) >= 11 is 0. The lowest BCUT2D eigenvalue weighted by Crippen LogP contribution is -2.30. The number of benzene rings is 1. The zero-order chi connectivity index (χ0) is 29.2. The molecule has 9 heteroatoms. The van der Waals surface area contributed by atoms with Crippen LogP contribution < -0.4 is 19.7 Å². The molecule has 41 heavy (non-hydrogen) atoms. The Balaban J connectivity index is 1.60. The van der Waals surface area contributed by atoms with Gasteiger partial charge in [-0.05, 0) is 62.6 Å². The van der Waals surface area contributed by atoms with Crippen LogP contribution >= 0.6 is 0 Å². The van der Waals surface area contributed by atoms with Crippen LogP contribution in [0, 0.1) is 18.7 Å². The summed E-state index contributed by atoms with van der Waals surface area (Å²) in [5, 5.41) is 9.26. The molecule has 1 aromatic heterocycles. The van der Waals surface area contributed by atoms with Crippen LogP contribution in [0.25, 0.3) is 0 Å². The predicted octanol–water partition coefficient (Wildman–Crippen LogP) is 7.04. The van der Waals surface area contributed by atoms with E-state index >= 15 is 4.39 Å². The molecule has 0 radical (unpaired) electrons. The molecule has 1 unspecified atom stereocenters. The summed E-state index contributed by atoms with van der Waals surface area (Å²) in [6.07, 6.45) is 13.8. The Labute approximate surface area is 243 Å². The first-order valence-corrected chi connectivity index (χ1v) is 14.4. The summed E-state index contributed by atoms with van der Waals surface area (Å²) in [5.74, 6) is 2.75. The third kappa shape index (κ3) is 7.96. The van der Waals surface area contributed by atoms with Crippen molar-refractivity contribution < 1.29 is 13.9 Å². The number of aliphatic imine (C=N–C) groups is 1. The van der Waals surface area contributed by atoms with E-state index in [1.54, 1.807) is 41.8 Å². The highest BCUT2D eigenvalue weighted by molar-refractivity contribution is 6.08. The van der Waals surface area contributed by atoms with Crippen molar-refractivity contribution in [1.29, 1.82) is 0 Å². The number of allylic oxidation sites excluding steroid dienone is 2. The normalized spacial score (nSPS) is 17.5. The lowest BCUT2D eigenvalue weighted by Gasteiger charge is -2.25. The van der Waals surface area contributed by atoms with Crippen molar-refractivity contribution in [3.63, 3.8) is 0 Å². The van der Waals surface area contributed by atoms with Gasteiger partial charge in [-0.25, -0.2) is 14.4 Å². The van der Waals surface area contributed by atoms with Gasteiger partial charge in [0.25, 0.3) is 0 Å². The minimum absolute atomic E-state index is 0.139. The Morgan fingerprint density at radius 3 is 2.85 bits per heavy atom. The topological polar surface area (TPSA) is 74.6 Å². The smallest absolute Gasteiger partial charge is 0.172 e. The van der Waals surface area contributed by atoms with Crippen molar-refractivity contribution >= 4 is 23.6 Å². The van der Waals surface area contributed by atoms with Crippen LogP contribution in [-0.2, 0) is 0 Å². The SMILES string of the molecule is C/C=N\N1C=CC(Oc2ccc(NC(=N/C=C/CC)c3nc4c(cc3C)OCC(C)CN4CCCC)cc2F)=CC1. The summed E-state index contributed by atoms with van der Waals surface area (Å²) in [6.45, 7) is 13.3. The number of amidine groups is 1. The van der Waals surface area contributed by atoms with Crippen molar-refractivity contribution in [3.05, 3.63) is 77.7 Å². The lowest BCUT2D eigenvalue weighted by molar-refractivity contribution is 0.273. The molecule has 0 fully saturated rings. The number of ether oxygens (including phenoxy) is 2. The van der Waals surface area contributed by atoms with Gasteiger partial charge in [0.15, 0.2) is 29.0 Å². The monoisotopic (exact) mass is 560 g/mol. The van der Waals surface area contributed by atoms with Gasteiger partial charge < -0.3 is 19.7 Å². The van der Waals surface area contributed by atoms with Gasteiger partial charge in [-0.2, -0.15) is 5.10 Å². The maximum absolute atomic E-state index is 15.2. The Morgan fingerprint density at radius 1 is 1.29 bits per heavy atom. The standard InChI is InChI=1S/C32H41FN6O2/c1-6-9-15-34-31(30-24(5)19-29-32(37-30)38(16-10-7-2)21-23(4)22-40-29)36-25-11-12-28(27(33)20-25)41-26-13-17-39(18-14-26)35-8-3/h8-9,11-15,17,19-20,23H,6-7,10,16,18,21-22H2,1-5H3,(H,34,36)/b15-9+,35-8-. The maximum Gasteiger partial charge on any atom is 0.172 e. The van der Waals surface area contributed by atoms with Crippen LogP contribution in [0.4, 0.5) is 15.9 Å². The Hall–Kier alpha value is -4.14. The van der Waals surface area contributed by atoms with E-state index in [0.29, 0.717) is 42.0 Å². The van der Waals surface area contributed by atoms with Crippen molar-refractivity contribution in [2.45, 2.75) is 53.9 Å². The van der Waals surface area contributed by atoms with Crippen molar-refractivity contribution in [1.82, 2.24) is 9.99 Å².